The molecule has 0 bridgehead atoms. The first-order chi connectivity index (χ1) is 11.3. The maximum absolute atomic E-state index is 9.71. The average molecular weight is 304 g/mol. The van der Waals surface area contributed by atoms with Gasteiger partial charge in [-0.05, 0) is 18.2 Å². The van der Waals surface area contributed by atoms with Crippen LogP contribution in [0.2, 0.25) is 0 Å². The van der Waals surface area contributed by atoms with E-state index in [1.54, 1.807) is 7.11 Å². The van der Waals surface area contributed by atoms with Gasteiger partial charge in [-0.15, -0.1) is 0 Å². The first-order valence-corrected chi connectivity index (χ1v) is 7.47. The summed E-state index contributed by atoms with van der Waals surface area (Å²) in [6, 6.07) is 20.0. The summed E-state index contributed by atoms with van der Waals surface area (Å²) in [7, 11) is 1.66. The summed E-state index contributed by atoms with van der Waals surface area (Å²) in [6.07, 6.45) is 0. The van der Waals surface area contributed by atoms with E-state index >= 15 is 0 Å². The van der Waals surface area contributed by atoms with Crippen molar-refractivity contribution in [2.45, 2.75) is 6.61 Å². The van der Waals surface area contributed by atoms with Gasteiger partial charge in [0.15, 0.2) is 0 Å². The number of aliphatic hydroxyl groups excluding tert-OH is 1. The van der Waals surface area contributed by atoms with Crippen LogP contribution in [0.4, 0.5) is 0 Å². The molecule has 1 N–H and O–H groups in total. The monoisotopic (exact) mass is 304 g/mol. The van der Waals surface area contributed by atoms with Crippen molar-refractivity contribution < 1.29 is 9.84 Å². The lowest BCUT2D eigenvalue weighted by Gasteiger charge is -2.09. The van der Waals surface area contributed by atoms with Crippen LogP contribution in [0.3, 0.4) is 0 Å². The van der Waals surface area contributed by atoms with Crippen LogP contribution in [0.1, 0.15) is 5.69 Å². The zero-order valence-corrected chi connectivity index (χ0v) is 12.7. The average Bonchev–Trinajstić information content (AvgIpc) is 3.00. The number of nitrogens with zero attached hydrogens (tertiary/aromatic N) is 2. The minimum atomic E-state index is -0.113. The summed E-state index contributed by atoms with van der Waals surface area (Å²) in [6.45, 7) is -0.113. The van der Waals surface area contributed by atoms with Crippen LogP contribution in [-0.4, -0.2) is 22.0 Å². The third-order valence-corrected chi connectivity index (χ3v) is 4.09. The van der Waals surface area contributed by atoms with Crippen LogP contribution in [0.15, 0.2) is 60.7 Å². The molecule has 0 radical (unpaired) electrons. The Morgan fingerprint density at radius 1 is 0.957 bits per heavy atom. The smallest absolute Gasteiger partial charge is 0.127 e. The molecule has 3 aromatic carbocycles. The molecule has 4 rings (SSSR count). The predicted octanol–water partition coefficient (Wildman–Crippen LogP) is 3.68. The minimum absolute atomic E-state index is 0.113. The topological polar surface area (TPSA) is 47.3 Å². The van der Waals surface area contributed by atoms with E-state index in [1.165, 1.54) is 0 Å². The van der Waals surface area contributed by atoms with Crippen molar-refractivity contribution in [2.75, 3.05) is 7.11 Å². The molecule has 0 aliphatic carbocycles. The van der Waals surface area contributed by atoms with E-state index in [0.717, 1.165) is 33.1 Å². The quantitative estimate of drug-likeness (QED) is 0.628. The van der Waals surface area contributed by atoms with Crippen LogP contribution in [0.5, 0.6) is 5.75 Å². The second-order valence-electron chi connectivity index (χ2n) is 5.37. The van der Waals surface area contributed by atoms with Gasteiger partial charge in [0, 0.05) is 16.2 Å². The molecule has 4 heteroatoms. The van der Waals surface area contributed by atoms with Gasteiger partial charge in [0.05, 0.1) is 30.6 Å². The zero-order chi connectivity index (χ0) is 15.8. The normalized spacial score (nSPS) is 11.2. The van der Waals surface area contributed by atoms with Gasteiger partial charge < -0.3 is 9.84 Å². The Labute approximate surface area is 133 Å². The highest BCUT2D eigenvalue weighted by Crippen LogP contribution is 2.36. The van der Waals surface area contributed by atoms with Gasteiger partial charge in [0.25, 0.3) is 0 Å². The lowest BCUT2D eigenvalue weighted by atomic mass is 10.0. The molecule has 1 aromatic heterocycles. The van der Waals surface area contributed by atoms with Crippen LogP contribution in [0.25, 0.3) is 27.4 Å². The van der Waals surface area contributed by atoms with E-state index in [-0.39, 0.29) is 6.61 Å². The molecular formula is C19H16N2O2. The number of rotatable bonds is 3. The molecule has 0 amide bonds. The second kappa shape index (κ2) is 5.41. The zero-order valence-electron chi connectivity index (χ0n) is 12.7. The van der Waals surface area contributed by atoms with E-state index < -0.39 is 0 Å². The second-order valence-corrected chi connectivity index (χ2v) is 5.37. The van der Waals surface area contributed by atoms with Crippen molar-refractivity contribution in [3.63, 3.8) is 0 Å². The molecule has 0 saturated carbocycles. The molecule has 4 nitrogen and oxygen atoms in total. The molecule has 0 saturated heterocycles. The number of ether oxygens (including phenoxy) is 1. The molecule has 0 unspecified atom stereocenters. The summed E-state index contributed by atoms with van der Waals surface area (Å²) in [5.74, 6) is 0.787. The van der Waals surface area contributed by atoms with E-state index in [1.807, 2.05) is 59.3 Å². The Hall–Kier alpha value is -2.85. The Kier molecular flexibility index (Phi) is 3.24. The third-order valence-electron chi connectivity index (χ3n) is 4.09. The van der Waals surface area contributed by atoms with E-state index in [9.17, 15) is 5.11 Å². The summed E-state index contributed by atoms with van der Waals surface area (Å²) >= 11 is 0. The van der Waals surface area contributed by atoms with Gasteiger partial charge in [0.1, 0.15) is 5.75 Å². The maximum Gasteiger partial charge on any atom is 0.127 e. The lowest BCUT2D eigenvalue weighted by Crippen LogP contribution is -1.97. The fourth-order valence-corrected chi connectivity index (χ4v) is 3.04. The standard InChI is InChI=1S/C19H16N2O2/c1-23-18-11-16-17(12-22)20-21(13-7-3-2-4-8-13)19(16)15-10-6-5-9-14(15)18/h2-11,22H,12H2,1H3. The van der Waals surface area contributed by atoms with E-state index in [2.05, 4.69) is 11.2 Å². The first-order valence-electron chi connectivity index (χ1n) is 7.47. The van der Waals surface area contributed by atoms with Gasteiger partial charge in [-0.2, -0.15) is 5.10 Å². The van der Waals surface area contributed by atoms with Gasteiger partial charge in [-0.3, -0.25) is 0 Å². The fourth-order valence-electron chi connectivity index (χ4n) is 3.04. The molecule has 0 spiro atoms. The molecule has 23 heavy (non-hydrogen) atoms. The number of benzene rings is 3. The summed E-state index contributed by atoms with van der Waals surface area (Å²) in [5.41, 5.74) is 2.59. The number of aromatic nitrogens is 2. The molecule has 0 aliphatic heterocycles. The number of fused-ring (bicyclic) bond motifs is 3. The van der Waals surface area contributed by atoms with Crippen molar-refractivity contribution in [3.05, 3.63) is 66.4 Å². The van der Waals surface area contributed by atoms with Gasteiger partial charge in [-0.25, -0.2) is 4.68 Å². The Balaban J connectivity index is 2.19. The number of methoxy groups -OCH3 is 1. The van der Waals surface area contributed by atoms with E-state index in [0.29, 0.717) is 5.69 Å². The summed E-state index contributed by atoms with van der Waals surface area (Å²) < 4.78 is 7.42. The molecule has 4 aromatic rings. The van der Waals surface area contributed by atoms with Gasteiger partial charge in [0.2, 0.25) is 0 Å². The number of hydrogen-bond donors (Lipinski definition) is 1. The lowest BCUT2D eigenvalue weighted by molar-refractivity contribution is 0.277. The first kappa shape index (κ1) is 13.8. The van der Waals surface area contributed by atoms with Crippen LogP contribution < -0.4 is 4.74 Å². The number of hydrogen-bond acceptors (Lipinski definition) is 3. The largest absolute Gasteiger partial charge is 0.496 e. The number of aliphatic hydroxyl groups is 1. The molecular weight excluding hydrogens is 288 g/mol. The molecule has 1 heterocycles. The molecule has 114 valence electrons. The molecule has 0 atom stereocenters. The SMILES string of the molecule is COc1cc2c(CO)nn(-c3ccccc3)c2c2ccccc12. The van der Waals surface area contributed by atoms with Crippen molar-refractivity contribution in [1.29, 1.82) is 0 Å². The highest BCUT2D eigenvalue weighted by atomic mass is 16.5. The highest BCUT2D eigenvalue weighted by Gasteiger charge is 2.16. The van der Waals surface area contributed by atoms with Gasteiger partial charge in [-0.1, -0.05) is 42.5 Å². The maximum atomic E-state index is 9.71. The summed E-state index contributed by atoms with van der Waals surface area (Å²) in [5, 5.41) is 17.3. The summed E-state index contributed by atoms with van der Waals surface area (Å²) in [4.78, 5) is 0. The Morgan fingerprint density at radius 2 is 1.65 bits per heavy atom. The molecule has 0 aliphatic rings. The minimum Gasteiger partial charge on any atom is -0.496 e. The fraction of sp³-hybridized carbons (Fsp3) is 0.105. The van der Waals surface area contributed by atoms with Crippen LogP contribution >= 0.6 is 0 Å². The van der Waals surface area contributed by atoms with Crippen molar-refractivity contribution in [1.82, 2.24) is 9.78 Å². The highest BCUT2D eigenvalue weighted by molar-refractivity contribution is 6.10. The van der Waals surface area contributed by atoms with Crippen LogP contribution in [-0.2, 0) is 6.61 Å². The van der Waals surface area contributed by atoms with E-state index in [4.69, 9.17) is 4.74 Å². The van der Waals surface area contributed by atoms with Gasteiger partial charge >= 0.3 is 0 Å². The Morgan fingerprint density at radius 3 is 2.35 bits per heavy atom. The predicted molar refractivity (Wildman–Crippen MR) is 91.1 cm³/mol. The Bertz CT molecular complexity index is 991. The third kappa shape index (κ3) is 2.07. The van der Waals surface area contributed by atoms with Crippen molar-refractivity contribution in [2.24, 2.45) is 0 Å². The molecule has 0 fully saturated rings. The van der Waals surface area contributed by atoms with Crippen molar-refractivity contribution in [3.8, 4) is 11.4 Å². The van der Waals surface area contributed by atoms with Crippen LogP contribution in [0, 0.1) is 0 Å². The number of para-hydroxylation sites is 1. The van der Waals surface area contributed by atoms with Crippen molar-refractivity contribution >= 4 is 21.7 Å².